The lowest BCUT2D eigenvalue weighted by molar-refractivity contribution is -0.140. The Labute approximate surface area is 194 Å². The summed E-state index contributed by atoms with van der Waals surface area (Å²) in [5.41, 5.74) is 2.74. The summed E-state index contributed by atoms with van der Waals surface area (Å²) in [4.78, 5) is 27.6. The number of rotatable bonds is 8. The first-order chi connectivity index (χ1) is 15.7. The first-order valence-corrected chi connectivity index (χ1v) is 10.9. The van der Waals surface area contributed by atoms with Gasteiger partial charge in [-0.2, -0.15) is 0 Å². The van der Waals surface area contributed by atoms with Gasteiger partial charge in [0, 0.05) is 19.2 Å². The van der Waals surface area contributed by atoms with Crippen molar-refractivity contribution in [2.75, 3.05) is 27.4 Å². The highest BCUT2D eigenvalue weighted by Gasteiger charge is 2.46. The molecule has 0 spiro atoms. The van der Waals surface area contributed by atoms with E-state index in [0.717, 1.165) is 11.1 Å². The minimum Gasteiger partial charge on any atom is -0.507 e. The van der Waals surface area contributed by atoms with Gasteiger partial charge in [-0.25, -0.2) is 0 Å². The summed E-state index contributed by atoms with van der Waals surface area (Å²) in [6.07, 6.45) is -0.0370. The molecule has 0 saturated carbocycles. The van der Waals surface area contributed by atoms with Gasteiger partial charge in [-0.15, -0.1) is 0 Å². The molecule has 7 heteroatoms. The molecule has 2 aromatic carbocycles. The van der Waals surface area contributed by atoms with Gasteiger partial charge in [0.25, 0.3) is 11.7 Å². The predicted octanol–water partition coefficient (Wildman–Crippen LogP) is 4.17. The molecule has 0 radical (unpaired) electrons. The molecule has 1 saturated heterocycles. The highest BCUT2D eigenvalue weighted by atomic mass is 16.5. The third kappa shape index (κ3) is 4.88. The number of carbonyl (C=O) groups is 2. The number of ether oxygens (including phenoxy) is 3. The molecule has 0 bridgehead atoms. The van der Waals surface area contributed by atoms with Crippen LogP contribution < -0.4 is 9.47 Å². The van der Waals surface area contributed by atoms with E-state index < -0.39 is 17.7 Å². The summed E-state index contributed by atoms with van der Waals surface area (Å²) in [6, 6.07) is 10.1. The quantitative estimate of drug-likeness (QED) is 0.367. The average Bonchev–Trinajstić information content (AvgIpc) is 3.03. The van der Waals surface area contributed by atoms with Crippen molar-refractivity contribution in [3.63, 3.8) is 0 Å². The maximum atomic E-state index is 13.2. The Balaban J connectivity index is 2.20. The zero-order valence-electron chi connectivity index (χ0n) is 20.0. The summed E-state index contributed by atoms with van der Waals surface area (Å²) in [5, 5.41) is 11.3. The number of aryl methyl sites for hydroxylation is 2. The van der Waals surface area contributed by atoms with Crippen LogP contribution in [0.15, 0.2) is 42.0 Å². The molecule has 1 amide bonds. The Bertz CT molecular complexity index is 1090. The van der Waals surface area contributed by atoms with Crippen LogP contribution in [0.5, 0.6) is 11.5 Å². The lowest BCUT2D eigenvalue weighted by Gasteiger charge is -2.25. The summed E-state index contributed by atoms with van der Waals surface area (Å²) < 4.78 is 16.4. The van der Waals surface area contributed by atoms with E-state index in [-0.39, 0.29) is 30.6 Å². The lowest BCUT2D eigenvalue weighted by Crippen LogP contribution is -2.32. The monoisotopic (exact) mass is 453 g/mol. The van der Waals surface area contributed by atoms with E-state index in [1.54, 1.807) is 25.3 Å². The molecule has 0 aliphatic carbocycles. The molecule has 33 heavy (non-hydrogen) atoms. The molecular weight excluding hydrogens is 422 g/mol. The second-order valence-electron chi connectivity index (χ2n) is 8.36. The molecule has 1 atom stereocenters. The Kier molecular flexibility index (Phi) is 7.43. The van der Waals surface area contributed by atoms with Crippen LogP contribution in [0.4, 0.5) is 0 Å². The predicted molar refractivity (Wildman–Crippen MR) is 126 cm³/mol. The zero-order valence-corrected chi connectivity index (χ0v) is 20.0. The molecule has 0 aromatic heterocycles. The molecule has 7 nitrogen and oxygen atoms in total. The fraction of sp³-hybridized carbons (Fsp3) is 0.385. The van der Waals surface area contributed by atoms with Crippen molar-refractivity contribution in [3.05, 3.63) is 64.2 Å². The van der Waals surface area contributed by atoms with Crippen molar-refractivity contribution in [1.29, 1.82) is 0 Å². The Morgan fingerprint density at radius 3 is 2.45 bits per heavy atom. The number of hydrogen-bond acceptors (Lipinski definition) is 6. The van der Waals surface area contributed by atoms with Gasteiger partial charge in [-0.1, -0.05) is 12.1 Å². The Hall–Kier alpha value is -3.32. The van der Waals surface area contributed by atoms with Crippen LogP contribution in [0.2, 0.25) is 0 Å². The van der Waals surface area contributed by atoms with Crippen LogP contribution >= 0.6 is 0 Å². The standard InChI is InChI=1S/C26H31NO6/c1-15(2)33-19-9-7-8-18(14-19)23-22(25(29)26(30)27(23)10-11-31-5)24(28)20-12-17(4)21(32-6)13-16(20)3/h7-9,12-15,23,28H,10-11H2,1-6H3/b24-22+. The first-order valence-electron chi connectivity index (χ1n) is 10.9. The smallest absolute Gasteiger partial charge is 0.295 e. The van der Waals surface area contributed by atoms with E-state index in [4.69, 9.17) is 14.2 Å². The van der Waals surface area contributed by atoms with Crippen molar-refractivity contribution in [2.24, 2.45) is 0 Å². The van der Waals surface area contributed by atoms with E-state index >= 15 is 0 Å². The molecule has 3 rings (SSSR count). The van der Waals surface area contributed by atoms with Crippen molar-refractivity contribution in [2.45, 2.75) is 39.8 Å². The van der Waals surface area contributed by atoms with Gasteiger partial charge in [-0.05, 0) is 68.7 Å². The van der Waals surface area contributed by atoms with E-state index in [9.17, 15) is 14.7 Å². The molecule has 176 valence electrons. The molecular formula is C26H31NO6. The first kappa shape index (κ1) is 24.3. The molecule has 1 aliphatic heterocycles. The summed E-state index contributed by atoms with van der Waals surface area (Å²) in [6.45, 7) is 7.99. The summed E-state index contributed by atoms with van der Waals surface area (Å²) in [5.74, 6) is -0.305. The maximum absolute atomic E-state index is 13.2. The lowest BCUT2D eigenvalue weighted by atomic mass is 9.93. The molecule has 1 unspecified atom stereocenters. The van der Waals surface area contributed by atoms with Crippen LogP contribution in [0.1, 0.15) is 42.1 Å². The fourth-order valence-corrected chi connectivity index (χ4v) is 4.09. The maximum Gasteiger partial charge on any atom is 0.295 e. The number of nitrogens with zero attached hydrogens (tertiary/aromatic N) is 1. The molecule has 1 heterocycles. The van der Waals surface area contributed by atoms with Crippen molar-refractivity contribution in [1.82, 2.24) is 4.90 Å². The number of aliphatic hydroxyl groups excluding tert-OH is 1. The SMILES string of the molecule is COCCN1C(=O)C(=O)/C(=C(/O)c2cc(C)c(OC)cc2C)C1c1cccc(OC(C)C)c1. The normalized spacial score (nSPS) is 17.7. The number of hydrogen-bond donors (Lipinski definition) is 1. The number of benzene rings is 2. The molecule has 2 aromatic rings. The zero-order chi connectivity index (χ0) is 24.3. The number of amides is 1. The summed E-state index contributed by atoms with van der Waals surface area (Å²) >= 11 is 0. The number of methoxy groups -OCH3 is 2. The number of ketones is 1. The van der Waals surface area contributed by atoms with Crippen LogP contribution in [0.25, 0.3) is 5.76 Å². The number of aliphatic hydroxyl groups is 1. The van der Waals surface area contributed by atoms with E-state index in [2.05, 4.69) is 0 Å². The van der Waals surface area contributed by atoms with E-state index in [1.807, 2.05) is 45.9 Å². The van der Waals surface area contributed by atoms with Crippen molar-refractivity contribution >= 4 is 17.4 Å². The largest absolute Gasteiger partial charge is 0.507 e. The van der Waals surface area contributed by atoms with Crippen molar-refractivity contribution < 1.29 is 28.9 Å². The van der Waals surface area contributed by atoms with E-state index in [0.29, 0.717) is 22.6 Å². The summed E-state index contributed by atoms with van der Waals surface area (Å²) in [7, 11) is 3.11. The van der Waals surface area contributed by atoms with E-state index in [1.165, 1.54) is 12.0 Å². The third-order valence-corrected chi connectivity index (χ3v) is 5.62. The van der Waals surface area contributed by atoms with Gasteiger partial charge in [-0.3, -0.25) is 9.59 Å². The number of Topliss-reactive ketones (excluding diaryl/α,β-unsaturated/α-hetero) is 1. The van der Waals surface area contributed by atoms with Gasteiger partial charge in [0.05, 0.1) is 31.4 Å². The van der Waals surface area contributed by atoms with Gasteiger partial charge in [0.15, 0.2) is 0 Å². The van der Waals surface area contributed by atoms with Gasteiger partial charge >= 0.3 is 0 Å². The van der Waals surface area contributed by atoms with Gasteiger partial charge in [0.2, 0.25) is 0 Å². The van der Waals surface area contributed by atoms with Crippen molar-refractivity contribution in [3.8, 4) is 11.5 Å². The van der Waals surface area contributed by atoms with Crippen LogP contribution in [-0.4, -0.2) is 55.2 Å². The molecule has 1 aliphatic rings. The minimum atomic E-state index is -0.766. The fourth-order valence-electron chi connectivity index (χ4n) is 4.09. The highest BCUT2D eigenvalue weighted by Crippen LogP contribution is 2.41. The third-order valence-electron chi connectivity index (χ3n) is 5.62. The van der Waals surface area contributed by atoms with Gasteiger partial charge < -0.3 is 24.2 Å². The Morgan fingerprint density at radius 2 is 1.82 bits per heavy atom. The topological polar surface area (TPSA) is 85.3 Å². The number of likely N-dealkylation sites (tertiary alicyclic amines) is 1. The average molecular weight is 454 g/mol. The minimum absolute atomic E-state index is 0.0370. The van der Waals surface area contributed by atoms with Crippen LogP contribution in [0.3, 0.4) is 0 Å². The van der Waals surface area contributed by atoms with Crippen LogP contribution in [-0.2, 0) is 14.3 Å². The Morgan fingerprint density at radius 1 is 1.09 bits per heavy atom. The second kappa shape index (κ2) is 10.1. The number of carbonyl (C=O) groups excluding carboxylic acids is 2. The van der Waals surface area contributed by atoms with Gasteiger partial charge in [0.1, 0.15) is 17.3 Å². The molecule has 1 fully saturated rings. The second-order valence-corrected chi connectivity index (χ2v) is 8.36. The molecule has 1 N–H and O–H groups in total. The highest BCUT2D eigenvalue weighted by molar-refractivity contribution is 6.46. The van der Waals surface area contributed by atoms with Crippen LogP contribution in [0, 0.1) is 13.8 Å².